The summed E-state index contributed by atoms with van der Waals surface area (Å²) >= 11 is 1.44. The molecule has 0 unspecified atom stereocenters. The van der Waals surface area contributed by atoms with E-state index in [2.05, 4.69) is 15.0 Å². The summed E-state index contributed by atoms with van der Waals surface area (Å²) in [6.45, 7) is 6.86. The molecular formula is C23H26N6O3S. The molecule has 0 aromatic carbocycles. The highest BCUT2D eigenvalue weighted by molar-refractivity contribution is 7.16. The number of amides is 1. The van der Waals surface area contributed by atoms with Gasteiger partial charge in [-0.25, -0.2) is 14.8 Å². The van der Waals surface area contributed by atoms with Crippen LogP contribution in [0.15, 0.2) is 28.4 Å². The molecule has 5 rings (SSSR count). The summed E-state index contributed by atoms with van der Waals surface area (Å²) in [4.78, 5) is 42.9. The predicted molar refractivity (Wildman–Crippen MR) is 130 cm³/mol. The predicted octanol–water partition coefficient (Wildman–Crippen LogP) is 4.22. The van der Waals surface area contributed by atoms with E-state index in [0.717, 1.165) is 28.8 Å². The van der Waals surface area contributed by atoms with E-state index in [1.165, 1.54) is 11.3 Å². The van der Waals surface area contributed by atoms with Crippen molar-refractivity contribution in [2.24, 2.45) is 0 Å². The Morgan fingerprint density at radius 1 is 1.18 bits per heavy atom. The van der Waals surface area contributed by atoms with Gasteiger partial charge in [-0.05, 0) is 57.2 Å². The lowest BCUT2D eigenvalue weighted by Gasteiger charge is -2.33. The molecule has 5 heterocycles. The number of anilines is 1. The number of nitrogens with one attached hydrogen (secondary N) is 2. The molecule has 1 aliphatic rings. The highest BCUT2D eigenvalue weighted by Crippen LogP contribution is 2.32. The van der Waals surface area contributed by atoms with Gasteiger partial charge in [-0.3, -0.25) is 4.79 Å². The van der Waals surface area contributed by atoms with Crippen molar-refractivity contribution in [3.63, 3.8) is 0 Å². The van der Waals surface area contributed by atoms with Crippen LogP contribution in [0.2, 0.25) is 0 Å². The number of imidazole rings is 1. The molecule has 0 saturated carbocycles. The van der Waals surface area contributed by atoms with Crippen molar-refractivity contribution < 1.29 is 9.53 Å². The zero-order chi connectivity index (χ0) is 23.3. The van der Waals surface area contributed by atoms with Gasteiger partial charge in [-0.2, -0.15) is 0 Å². The molecule has 1 aliphatic heterocycles. The molecule has 172 valence electrons. The number of likely N-dealkylation sites (tertiary alicyclic amines) is 1. The lowest BCUT2D eigenvalue weighted by molar-refractivity contribution is 0.0204. The van der Waals surface area contributed by atoms with Crippen LogP contribution in [0.5, 0.6) is 0 Å². The highest BCUT2D eigenvalue weighted by atomic mass is 32.1. The number of nitrogens with two attached hydrogens (primary N) is 1. The van der Waals surface area contributed by atoms with Crippen LogP contribution in [-0.4, -0.2) is 49.6 Å². The van der Waals surface area contributed by atoms with Crippen LogP contribution in [0.3, 0.4) is 0 Å². The molecule has 1 amide bonds. The first-order chi connectivity index (χ1) is 15.7. The molecule has 4 aromatic heterocycles. The molecule has 0 radical (unpaired) electrons. The van der Waals surface area contributed by atoms with E-state index in [0.29, 0.717) is 41.3 Å². The van der Waals surface area contributed by atoms with Gasteiger partial charge < -0.3 is 25.3 Å². The van der Waals surface area contributed by atoms with Crippen LogP contribution in [0.4, 0.5) is 10.5 Å². The number of rotatable bonds is 2. The van der Waals surface area contributed by atoms with Gasteiger partial charge in [0.15, 0.2) is 5.65 Å². The summed E-state index contributed by atoms with van der Waals surface area (Å²) < 4.78 is 5.48. The fourth-order valence-corrected chi connectivity index (χ4v) is 5.01. The first-order valence-electron chi connectivity index (χ1n) is 10.9. The van der Waals surface area contributed by atoms with E-state index in [1.807, 2.05) is 44.4 Å². The average Bonchev–Trinajstić information content (AvgIpc) is 3.39. The number of thiophene rings is 1. The van der Waals surface area contributed by atoms with Gasteiger partial charge >= 0.3 is 6.09 Å². The van der Waals surface area contributed by atoms with Crippen molar-refractivity contribution in [1.82, 2.24) is 24.8 Å². The van der Waals surface area contributed by atoms with Gasteiger partial charge in [0.05, 0.1) is 5.69 Å². The van der Waals surface area contributed by atoms with Crippen molar-refractivity contribution in [3.05, 3.63) is 39.6 Å². The molecule has 1 saturated heterocycles. The maximum atomic E-state index is 12.7. The molecule has 10 heteroatoms. The minimum Gasteiger partial charge on any atom is -0.444 e. The van der Waals surface area contributed by atoms with Gasteiger partial charge in [0.1, 0.15) is 27.3 Å². The topological polar surface area (TPSA) is 130 Å². The van der Waals surface area contributed by atoms with Crippen molar-refractivity contribution in [3.8, 4) is 11.4 Å². The van der Waals surface area contributed by atoms with Crippen molar-refractivity contribution >= 4 is 44.5 Å². The number of hydrogen-bond acceptors (Lipinski definition) is 7. The molecular weight excluding hydrogens is 440 g/mol. The third kappa shape index (κ3) is 4.06. The summed E-state index contributed by atoms with van der Waals surface area (Å²) in [7, 11) is 0. The number of nitrogen functional groups attached to an aromatic ring is 1. The molecule has 4 N–H and O–H groups in total. The second-order valence-electron chi connectivity index (χ2n) is 9.34. The number of aromatic nitrogens is 4. The maximum Gasteiger partial charge on any atom is 0.410 e. The largest absolute Gasteiger partial charge is 0.444 e. The van der Waals surface area contributed by atoms with Crippen LogP contribution in [-0.2, 0) is 4.74 Å². The fraction of sp³-hybridized carbons (Fsp3) is 0.391. The molecule has 0 bridgehead atoms. The number of ether oxygens (including phenoxy) is 1. The quantitative estimate of drug-likeness (QED) is 0.405. The highest BCUT2D eigenvalue weighted by Gasteiger charge is 2.28. The minimum absolute atomic E-state index is 0.232. The number of pyridine rings is 2. The second kappa shape index (κ2) is 7.87. The standard InChI is InChI=1S/C23H26N6O3S/c1-23(2,3)32-22(31)29-9-6-12(7-10-29)14-4-5-15-18(25-14)27-19(26-15)16-17(24)13-8-11-33-21(13)28-20(16)30/h4-5,8,11-12H,6-7,9-10H2,1-3H3,(H3,24,28,30)(H,25,26,27). The van der Waals surface area contributed by atoms with Crippen LogP contribution in [0.1, 0.15) is 45.2 Å². The van der Waals surface area contributed by atoms with Crippen LogP contribution < -0.4 is 11.3 Å². The number of nitrogens with zero attached hydrogens (tertiary/aromatic N) is 3. The summed E-state index contributed by atoms with van der Waals surface area (Å²) in [6.07, 6.45) is 1.34. The Balaban J connectivity index is 1.38. The van der Waals surface area contributed by atoms with E-state index in [-0.39, 0.29) is 17.6 Å². The molecule has 0 atom stereocenters. The Bertz CT molecular complexity index is 1410. The minimum atomic E-state index is -0.502. The van der Waals surface area contributed by atoms with E-state index < -0.39 is 5.60 Å². The number of carbonyl (C=O) groups is 1. The lowest BCUT2D eigenvalue weighted by Crippen LogP contribution is -2.41. The SMILES string of the molecule is CC(C)(C)OC(=O)N1CCC(c2ccc3nc(-c4c(N)c5ccsc5[nH]c4=O)[nH]c3n2)CC1. The summed E-state index contributed by atoms with van der Waals surface area (Å²) in [5.74, 6) is 0.636. The Morgan fingerprint density at radius 2 is 1.94 bits per heavy atom. The maximum absolute atomic E-state index is 12.7. The van der Waals surface area contributed by atoms with E-state index in [1.54, 1.807) is 4.90 Å². The number of H-pyrrole nitrogens is 2. The molecule has 1 fully saturated rings. The Morgan fingerprint density at radius 3 is 2.67 bits per heavy atom. The summed E-state index contributed by atoms with van der Waals surface area (Å²) in [6, 6.07) is 5.76. The summed E-state index contributed by atoms with van der Waals surface area (Å²) in [5.41, 5.74) is 8.48. The van der Waals surface area contributed by atoms with E-state index in [4.69, 9.17) is 15.5 Å². The molecule has 9 nitrogen and oxygen atoms in total. The van der Waals surface area contributed by atoms with Crippen molar-refractivity contribution in [1.29, 1.82) is 0 Å². The number of piperidine rings is 1. The van der Waals surface area contributed by atoms with Crippen LogP contribution in [0, 0.1) is 0 Å². The second-order valence-corrected chi connectivity index (χ2v) is 10.3. The smallest absolute Gasteiger partial charge is 0.410 e. The third-order valence-electron chi connectivity index (χ3n) is 5.85. The zero-order valence-corrected chi connectivity index (χ0v) is 19.6. The zero-order valence-electron chi connectivity index (χ0n) is 18.8. The Labute approximate surface area is 194 Å². The monoisotopic (exact) mass is 466 g/mol. The summed E-state index contributed by atoms with van der Waals surface area (Å²) in [5, 5.41) is 2.70. The number of aromatic amines is 2. The molecule has 33 heavy (non-hydrogen) atoms. The first-order valence-corrected chi connectivity index (χ1v) is 11.8. The molecule has 0 aliphatic carbocycles. The van der Waals surface area contributed by atoms with E-state index in [9.17, 15) is 9.59 Å². The third-order valence-corrected chi connectivity index (χ3v) is 6.67. The number of hydrogen-bond donors (Lipinski definition) is 3. The van der Waals surface area contributed by atoms with Crippen molar-refractivity contribution in [2.75, 3.05) is 18.8 Å². The van der Waals surface area contributed by atoms with Gasteiger partial charge in [0.25, 0.3) is 5.56 Å². The lowest BCUT2D eigenvalue weighted by atomic mass is 9.93. The van der Waals surface area contributed by atoms with E-state index >= 15 is 0 Å². The van der Waals surface area contributed by atoms with Crippen molar-refractivity contribution in [2.45, 2.75) is 45.1 Å². The number of carbonyl (C=O) groups excluding carboxylic acids is 1. The fourth-order valence-electron chi connectivity index (χ4n) is 4.22. The van der Waals surface area contributed by atoms with Gasteiger partial charge in [-0.1, -0.05) is 0 Å². The molecule has 0 spiro atoms. The Kier molecular flexibility index (Phi) is 5.12. The average molecular weight is 467 g/mol. The normalized spacial score (nSPS) is 15.4. The van der Waals surface area contributed by atoms with Crippen LogP contribution in [0.25, 0.3) is 32.8 Å². The first kappa shape index (κ1) is 21.4. The van der Waals surface area contributed by atoms with Crippen LogP contribution >= 0.6 is 11.3 Å². The van der Waals surface area contributed by atoms with Gasteiger partial charge in [-0.15, -0.1) is 11.3 Å². The van der Waals surface area contributed by atoms with Gasteiger partial charge in [0, 0.05) is 30.1 Å². The molecule has 4 aromatic rings. The van der Waals surface area contributed by atoms with Gasteiger partial charge in [0.2, 0.25) is 0 Å². The number of fused-ring (bicyclic) bond motifs is 2. The Hall–Kier alpha value is -3.40.